The normalized spacial score (nSPS) is 14.8. The van der Waals surface area contributed by atoms with E-state index in [-0.39, 0.29) is 40.4 Å². The summed E-state index contributed by atoms with van der Waals surface area (Å²) in [6, 6.07) is 14.6. The molecule has 1 heterocycles. The van der Waals surface area contributed by atoms with Crippen molar-refractivity contribution in [2.75, 3.05) is 20.3 Å². The molecule has 1 fully saturated rings. The Morgan fingerprint density at radius 3 is 2.38 bits per heavy atom. The summed E-state index contributed by atoms with van der Waals surface area (Å²) in [6.45, 7) is 6.34. The van der Waals surface area contributed by atoms with Crippen LogP contribution < -0.4 is 13.7 Å². The van der Waals surface area contributed by atoms with Gasteiger partial charge < -0.3 is 13.7 Å². The topological polar surface area (TPSA) is 99.2 Å². The van der Waals surface area contributed by atoms with Gasteiger partial charge in [-0.15, -0.1) is 0 Å². The minimum absolute atomic E-state index is 0.0881. The number of methoxy groups -OCH3 is 1. The Labute approximate surface area is 236 Å². The molecule has 0 saturated carbocycles. The Hall–Kier alpha value is -3.83. The van der Waals surface area contributed by atoms with E-state index in [4.69, 9.17) is 13.7 Å². The van der Waals surface area contributed by atoms with Crippen LogP contribution in [0, 0.1) is 12.7 Å². The van der Waals surface area contributed by atoms with Gasteiger partial charge in [0.1, 0.15) is 23.1 Å². The molecule has 0 radical (unpaired) electrons. The van der Waals surface area contributed by atoms with Crippen LogP contribution in [0.3, 0.4) is 0 Å². The molecule has 0 bridgehead atoms. The van der Waals surface area contributed by atoms with Gasteiger partial charge in [-0.25, -0.2) is 4.39 Å². The van der Waals surface area contributed by atoms with Crippen molar-refractivity contribution in [3.05, 3.63) is 88.1 Å². The predicted octanol–water partition coefficient (Wildman–Crippen LogP) is 6.15. The highest BCUT2D eigenvalue weighted by Crippen LogP contribution is 2.35. The van der Waals surface area contributed by atoms with Crippen LogP contribution in [0.1, 0.15) is 36.5 Å². The number of amides is 2. The van der Waals surface area contributed by atoms with E-state index in [1.54, 1.807) is 0 Å². The number of rotatable bonds is 10. The van der Waals surface area contributed by atoms with E-state index in [0.29, 0.717) is 5.56 Å². The van der Waals surface area contributed by atoms with E-state index >= 15 is 0 Å². The fraction of sp³-hybridized carbons (Fsp3) is 0.241. The van der Waals surface area contributed by atoms with Crippen LogP contribution in [0.15, 0.2) is 70.5 Å². The molecule has 3 aromatic carbocycles. The summed E-state index contributed by atoms with van der Waals surface area (Å²) in [5, 5.41) is -0.412. The molecule has 4 rings (SSSR count). The van der Waals surface area contributed by atoms with Gasteiger partial charge in [0, 0.05) is 0 Å². The lowest BCUT2D eigenvalue weighted by Gasteiger charge is -2.17. The van der Waals surface area contributed by atoms with Gasteiger partial charge in [0.2, 0.25) is 0 Å². The number of benzene rings is 3. The molecule has 8 nitrogen and oxygen atoms in total. The molecule has 0 aromatic heterocycles. The molecular weight excluding hydrogens is 557 g/mol. The van der Waals surface area contributed by atoms with Gasteiger partial charge in [0.15, 0.2) is 11.5 Å². The summed E-state index contributed by atoms with van der Waals surface area (Å²) < 4.78 is 54.8. The van der Waals surface area contributed by atoms with Gasteiger partial charge >= 0.3 is 10.1 Å². The molecule has 1 aliphatic heterocycles. The van der Waals surface area contributed by atoms with Gasteiger partial charge in [-0.1, -0.05) is 32.0 Å². The fourth-order valence-electron chi connectivity index (χ4n) is 3.94. The Balaban J connectivity index is 1.45. The van der Waals surface area contributed by atoms with Crippen molar-refractivity contribution in [1.29, 1.82) is 0 Å². The first kappa shape index (κ1) is 29.2. The first-order valence-electron chi connectivity index (χ1n) is 12.4. The van der Waals surface area contributed by atoms with Gasteiger partial charge in [-0.2, -0.15) is 8.42 Å². The first-order chi connectivity index (χ1) is 19.0. The third-order valence-electron chi connectivity index (χ3n) is 6.02. The molecule has 0 unspecified atom stereocenters. The number of aryl methyl sites for hydroxylation is 1. The Bertz CT molecular complexity index is 1570. The van der Waals surface area contributed by atoms with Crippen LogP contribution in [0.25, 0.3) is 6.08 Å². The zero-order chi connectivity index (χ0) is 29.0. The second-order valence-electron chi connectivity index (χ2n) is 9.28. The number of halogens is 1. The molecule has 0 spiro atoms. The van der Waals surface area contributed by atoms with Gasteiger partial charge in [0.25, 0.3) is 11.1 Å². The van der Waals surface area contributed by atoms with Gasteiger partial charge in [-0.3, -0.25) is 14.5 Å². The van der Waals surface area contributed by atoms with Gasteiger partial charge in [-0.05, 0) is 89.8 Å². The number of hydrogen-bond donors (Lipinski definition) is 0. The van der Waals surface area contributed by atoms with Crippen LogP contribution in [0.5, 0.6) is 17.2 Å². The minimum atomic E-state index is -4.24. The monoisotopic (exact) mass is 585 g/mol. The quantitative estimate of drug-likeness (QED) is 0.206. The van der Waals surface area contributed by atoms with E-state index in [0.717, 1.165) is 57.8 Å². The standard InChI is InChI=1S/C29H28FNO7S2/c1-18(2)23-11-5-19(3)15-25(23)37-14-13-31-28(32)27(39-29(31)33)17-20-6-12-24(26(16-20)36-4)38-40(34,35)22-9-7-21(30)8-10-22/h5-12,15-18H,13-14H2,1-4H3/b27-17-. The second-order valence-corrected chi connectivity index (χ2v) is 11.8. The molecule has 0 atom stereocenters. The fourth-order valence-corrected chi connectivity index (χ4v) is 5.75. The van der Waals surface area contributed by atoms with Gasteiger partial charge in [0.05, 0.1) is 18.6 Å². The van der Waals surface area contributed by atoms with Crippen LogP contribution in [0.4, 0.5) is 9.18 Å². The average molecular weight is 586 g/mol. The number of carbonyl (C=O) groups is 2. The van der Waals surface area contributed by atoms with Crippen LogP contribution >= 0.6 is 11.8 Å². The average Bonchev–Trinajstić information content (AvgIpc) is 3.16. The zero-order valence-electron chi connectivity index (χ0n) is 22.3. The molecule has 0 aliphatic carbocycles. The molecule has 40 heavy (non-hydrogen) atoms. The van der Waals surface area contributed by atoms with E-state index in [9.17, 15) is 22.4 Å². The number of hydrogen-bond acceptors (Lipinski definition) is 8. The summed E-state index contributed by atoms with van der Waals surface area (Å²) in [5.41, 5.74) is 2.59. The van der Waals surface area contributed by atoms with Crippen LogP contribution in [0.2, 0.25) is 0 Å². The molecule has 2 amide bonds. The molecule has 11 heteroatoms. The number of nitrogens with zero attached hydrogens (tertiary/aromatic N) is 1. The Kier molecular flexibility index (Phi) is 8.85. The minimum Gasteiger partial charge on any atom is -0.493 e. The largest absolute Gasteiger partial charge is 0.493 e. The lowest BCUT2D eigenvalue weighted by atomic mass is 10.0. The van der Waals surface area contributed by atoms with Crippen LogP contribution in [-0.4, -0.2) is 44.7 Å². The highest BCUT2D eigenvalue weighted by atomic mass is 32.2. The SMILES string of the molecule is COc1cc(/C=C2\SC(=O)N(CCOc3cc(C)ccc3C(C)C)C2=O)ccc1OS(=O)(=O)c1ccc(F)cc1. The number of imide groups is 1. The maximum atomic E-state index is 13.2. The van der Waals surface area contributed by atoms with E-state index in [1.165, 1.54) is 31.4 Å². The third-order valence-corrected chi connectivity index (χ3v) is 8.18. The van der Waals surface area contributed by atoms with E-state index in [2.05, 4.69) is 13.8 Å². The zero-order valence-corrected chi connectivity index (χ0v) is 24.0. The number of carbonyl (C=O) groups excluding carboxylic acids is 2. The highest BCUT2D eigenvalue weighted by molar-refractivity contribution is 8.18. The highest BCUT2D eigenvalue weighted by Gasteiger charge is 2.35. The van der Waals surface area contributed by atoms with Crippen molar-refractivity contribution in [2.45, 2.75) is 31.6 Å². The lowest BCUT2D eigenvalue weighted by molar-refractivity contribution is -0.123. The van der Waals surface area contributed by atoms with Crippen molar-refractivity contribution in [3.8, 4) is 17.2 Å². The van der Waals surface area contributed by atoms with Crippen molar-refractivity contribution in [1.82, 2.24) is 4.90 Å². The van der Waals surface area contributed by atoms with Crippen molar-refractivity contribution in [3.63, 3.8) is 0 Å². The summed E-state index contributed by atoms with van der Waals surface area (Å²) in [5.74, 6) is -0.0484. The smallest absolute Gasteiger partial charge is 0.339 e. The second kappa shape index (κ2) is 12.1. The maximum Gasteiger partial charge on any atom is 0.339 e. The molecular formula is C29H28FNO7S2. The van der Waals surface area contributed by atoms with Crippen molar-refractivity contribution in [2.24, 2.45) is 0 Å². The summed E-state index contributed by atoms with van der Waals surface area (Å²) in [4.78, 5) is 26.7. The first-order valence-corrected chi connectivity index (χ1v) is 14.6. The molecule has 3 aromatic rings. The summed E-state index contributed by atoms with van der Waals surface area (Å²) in [6.07, 6.45) is 1.52. The van der Waals surface area contributed by atoms with Crippen molar-refractivity contribution < 1.29 is 36.1 Å². The van der Waals surface area contributed by atoms with E-state index < -0.39 is 27.1 Å². The summed E-state index contributed by atoms with van der Waals surface area (Å²) >= 11 is 0.804. The molecule has 0 N–H and O–H groups in total. The number of thioether (sulfide) groups is 1. The molecule has 210 valence electrons. The summed E-state index contributed by atoms with van der Waals surface area (Å²) in [7, 11) is -2.91. The van der Waals surface area contributed by atoms with Crippen molar-refractivity contribution >= 4 is 39.1 Å². The predicted molar refractivity (Wildman–Crippen MR) is 151 cm³/mol. The Morgan fingerprint density at radius 1 is 0.975 bits per heavy atom. The Morgan fingerprint density at radius 2 is 1.70 bits per heavy atom. The van der Waals surface area contributed by atoms with Crippen LogP contribution in [-0.2, 0) is 14.9 Å². The third kappa shape index (κ3) is 6.65. The maximum absolute atomic E-state index is 13.2. The molecule has 1 aliphatic rings. The lowest BCUT2D eigenvalue weighted by Crippen LogP contribution is -2.32. The number of ether oxygens (including phenoxy) is 2. The van der Waals surface area contributed by atoms with E-state index in [1.807, 2.05) is 25.1 Å². The molecule has 1 saturated heterocycles.